The molecule has 0 heterocycles. The topological polar surface area (TPSA) is 0 Å². The summed E-state index contributed by atoms with van der Waals surface area (Å²) in [6.45, 7) is 0. The molecule has 0 aliphatic heterocycles. The lowest BCUT2D eigenvalue weighted by Gasteiger charge is -2.32. The quantitative estimate of drug-likeness (QED) is 0.307. The van der Waals surface area contributed by atoms with Crippen LogP contribution in [0.25, 0.3) is 0 Å². The zero-order chi connectivity index (χ0) is 18.4. The first-order valence-corrected chi connectivity index (χ1v) is 6.02. The summed E-state index contributed by atoms with van der Waals surface area (Å²) >= 11 is 0. The molecule has 1 aliphatic rings. The molecule has 24 heavy (non-hydrogen) atoms. The summed E-state index contributed by atoms with van der Waals surface area (Å²) in [5.41, 5.74) is -6.36. The van der Waals surface area contributed by atoms with E-state index in [2.05, 4.69) is 0 Å². The molecule has 2 atom stereocenters. The number of benzene rings is 1. The van der Waals surface area contributed by atoms with Gasteiger partial charge < -0.3 is 0 Å². The minimum absolute atomic E-state index is 0.00815. The smallest absolute Gasteiger partial charge is 0.200 e. The summed E-state index contributed by atoms with van der Waals surface area (Å²) in [4.78, 5) is 0. The number of hydrogen-bond acceptors (Lipinski definition) is 0. The third-order valence-electron chi connectivity index (χ3n) is 3.46. The Bertz CT molecular complexity index is 852. The van der Waals surface area contributed by atoms with Crippen molar-refractivity contribution < 1.29 is 35.1 Å². The van der Waals surface area contributed by atoms with Gasteiger partial charge in [-0.25, -0.2) is 35.1 Å². The molecule has 2 rings (SSSR count). The number of rotatable bonds is 1. The maximum Gasteiger partial charge on any atom is 0.200 e. The van der Waals surface area contributed by atoms with Crippen molar-refractivity contribution in [3.05, 3.63) is 58.0 Å². The van der Waals surface area contributed by atoms with Crippen LogP contribution in [0.1, 0.15) is 5.56 Å². The maximum atomic E-state index is 14.4. The largest absolute Gasteiger partial charge is 0.237 e. The average Bonchev–Trinajstić information content (AvgIpc) is 2.56. The number of alkyl halides is 1. The van der Waals surface area contributed by atoms with Gasteiger partial charge in [-0.2, -0.15) is 0 Å². The van der Waals surface area contributed by atoms with E-state index in [1.165, 1.54) is 11.8 Å². The van der Waals surface area contributed by atoms with Crippen LogP contribution in [0.15, 0.2) is 23.3 Å². The van der Waals surface area contributed by atoms with Crippen LogP contribution in [-0.2, 0) is 5.41 Å². The van der Waals surface area contributed by atoms with E-state index in [9.17, 15) is 35.1 Å². The van der Waals surface area contributed by atoms with Crippen molar-refractivity contribution in [2.45, 2.75) is 11.6 Å². The maximum absolute atomic E-state index is 14.4. The second-order valence-electron chi connectivity index (χ2n) is 4.68. The first-order valence-electron chi connectivity index (χ1n) is 6.02. The van der Waals surface area contributed by atoms with Crippen LogP contribution in [0.2, 0.25) is 0 Å². The molecule has 0 N–H and O–H groups in total. The molecule has 0 spiro atoms. The Balaban J connectivity index is 2.94. The standard InChI is InChI=1S/C16H4F8/c1-3-6-7(17)5-16(4-2,15(24)9(6)18)8-10(19)12(21)14(23)13(22)11(8)20/h1-2,5,15H. The molecule has 1 aromatic rings. The first kappa shape index (κ1) is 17.6. The van der Waals surface area contributed by atoms with Crippen molar-refractivity contribution in [3.8, 4) is 24.7 Å². The highest BCUT2D eigenvalue weighted by Crippen LogP contribution is 2.45. The predicted molar refractivity (Wildman–Crippen MR) is 67.8 cm³/mol. The van der Waals surface area contributed by atoms with Gasteiger partial charge in [0.05, 0.1) is 11.1 Å². The van der Waals surface area contributed by atoms with Crippen molar-refractivity contribution in [2.75, 3.05) is 0 Å². The number of allylic oxidation sites excluding steroid dienone is 4. The van der Waals surface area contributed by atoms with E-state index in [-0.39, 0.29) is 6.08 Å². The Morgan fingerprint density at radius 3 is 1.71 bits per heavy atom. The van der Waals surface area contributed by atoms with Crippen LogP contribution >= 0.6 is 0 Å². The van der Waals surface area contributed by atoms with Crippen LogP contribution in [0.5, 0.6) is 0 Å². The van der Waals surface area contributed by atoms with Gasteiger partial charge in [-0.15, -0.1) is 12.8 Å². The summed E-state index contributed by atoms with van der Waals surface area (Å²) in [5, 5.41) is 0. The normalized spacial score (nSPS) is 23.6. The third kappa shape index (κ3) is 2.10. The van der Waals surface area contributed by atoms with E-state index in [0.29, 0.717) is 0 Å². The Kier molecular flexibility index (Phi) is 4.19. The van der Waals surface area contributed by atoms with Gasteiger partial charge in [-0.1, -0.05) is 11.8 Å². The van der Waals surface area contributed by atoms with Crippen LogP contribution in [-0.4, -0.2) is 6.17 Å². The molecular weight excluding hydrogens is 344 g/mol. The van der Waals surface area contributed by atoms with Gasteiger partial charge in [0.1, 0.15) is 11.2 Å². The highest BCUT2D eigenvalue weighted by molar-refractivity contribution is 5.57. The van der Waals surface area contributed by atoms with Gasteiger partial charge >= 0.3 is 0 Å². The number of terminal acetylenes is 2. The summed E-state index contributed by atoms with van der Waals surface area (Å²) in [5.74, 6) is -13.3. The molecule has 0 aromatic heterocycles. The third-order valence-corrected chi connectivity index (χ3v) is 3.46. The van der Waals surface area contributed by atoms with Crippen molar-refractivity contribution >= 4 is 0 Å². The molecule has 0 bridgehead atoms. The molecule has 0 nitrogen and oxygen atoms in total. The van der Waals surface area contributed by atoms with Crippen LogP contribution in [0, 0.1) is 53.8 Å². The fraction of sp³-hybridized carbons (Fsp3) is 0.125. The van der Waals surface area contributed by atoms with E-state index >= 15 is 0 Å². The lowest BCUT2D eigenvalue weighted by atomic mass is 9.72. The van der Waals surface area contributed by atoms with Crippen LogP contribution < -0.4 is 0 Å². The Morgan fingerprint density at radius 2 is 1.29 bits per heavy atom. The minimum Gasteiger partial charge on any atom is -0.237 e. The molecule has 1 aromatic carbocycles. The number of hydrogen-bond donors (Lipinski definition) is 0. The van der Waals surface area contributed by atoms with Crippen LogP contribution in [0.3, 0.4) is 0 Å². The second kappa shape index (κ2) is 5.72. The Labute approximate surface area is 130 Å². The fourth-order valence-electron chi connectivity index (χ4n) is 2.28. The Morgan fingerprint density at radius 1 is 0.833 bits per heavy atom. The van der Waals surface area contributed by atoms with Crippen molar-refractivity contribution in [1.82, 2.24) is 0 Å². The first-order chi connectivity index (χ1) is 11.1. The van der Waals surface area contributed by atoms with Gasteiger partial charge in [0.2, 0.25) is 5.82 Å². The minimum atomic E-state index is -3.25. The summed E-state index contributed by atoms with van der Waals surface area (Å²) in [7, 11) is 0. The molecular formula is C16H4F8. The van der Waals surface area contributed by atoms with Crippen molar-refractivity contribution in [3.63, 3.8) is 0 Å². The highest BCUT2D eigenvalue weighted by Gasteiger charge is 2.50. The SMILES string of the molecule is C#CC1=C(F)C(F)C(C#C)(c2c(F)c(F)c(F)c(F)c2F)C=C1F. The summed E-state index contributed by atoms with van der Waals surface area (Å²) in [6, 6.07) is 0. The molecule has 2 unspecified atom stereocenters. The summed E-state index contributed by atoms with van der Waals surface area (Å²) < 4.78 is 110. The molecule has 0 saturated carbocycles. The zero-order valence-corrected chi connectivity index (χ0v) is 11.3. The van der Waals surface area contributed by atoms with E-state index < -0.39 is 63.5 Å². The molecule has 0 fully saturated rings. The van der Waals surface area contributed by atoms with Gasteiger partial charge in [-0.05, 0) is 6.08 Å². The van der Waals surface area contributed by atoms with E-state index in [1.807, 2.05) is 0 Å². The molecule has 8 heteroatoms. The molecule has 0 saturated heterocycles. The fourth-order valence-corrected chi connectivity index (χ4v) is 2.28. The Hall–Kier alpha value is -2.74. The van der Waals surface area contributed by atoms with E-state index in [0.717, 1.165) is 0 Å². The van der Waals surface area contributed by atoms with Crippen LogP contribution in [0.4, 0.5) is 35.1 Å². The average molecular weight is 348 g/mol. The lowest BCUT2D eigenvalue weighted by molar-refractivity contribution is 0.242. The molecule has 1 aliphatic carbocycles. The molecule has 0 radical (unpaired) electrons. The summed E-state index contributed by atoms with van der Waals surface area (Å²) in [6.07, 6.45) is 6.55. The lowest BCUT2D eigenvalue weighted by Crippen LogP contribution is -2.39. The highest BCUT2D eigenvalue weighted by atomic mass is 19.2. The van der Waals surface area contributed by atoms with Gasteiger partial charge in [-0.3, -0.25) is 0 Å². The van der Waals surface area contributed by atoms with Crippen molar-refractivity contribution in [2.24, 2.45) is 0 Å². The molecule has 0 amide bonds. The van der Waals surface area contributed by atoms with E-state index in [4.69, 9.17) is 12.8 Å². The van der Waals surface area contributed by atoms with E-state index in [1.54, 1.807) is 0 Å². The van der Waals surface area contributed by atoms with Gasteiger partial charge in [0.15, 0.2) is 35.3 Å². The van der Waals surface area contributed by atoms with Gasteiger partial charge in [0.25, 0.3) is 0 Å². The van der Waals surface area contributed by atoms with Gasteiger partial charge in [0, 0.05) is 0 Å². The predicted octanol–water partition coefficient (Wildman–Crippen LogP) is 4.32. The van der Waals surface area contributed by atoms with Crippen molar-refractivity contribution in [1.29, 1.82) is 0 Å². The number of halogens is 8. The molecule has 124 valence electrons. The monoisotopic (exact) mass is 348 g/mol. The second-order valence-corrected chi connectivity index (χ2v) is 4.68. The zero-order valence-electron chi connectivity index (χ0n) is 11.3.